The first-order chi connectivity index (χ1) is 11.5. The topological polar surface area (TPSA) is 86.9 Å². The third-order valence-corrected chi connectivity index (χ3v) is 4.85. The standard InChI is InChI=1S/C9H15N3O.C8H17N.C2H6/c1-6(8(3)13)7(2)9-4-11-5-12(9)10;9-7-6-8-4-2-1-3-5-8;1-2/h4-7H,10H2,1-3H3;8H,1-7,9H2;1-2H3/t6?,7-;;/m1../s1. The zero-order chi connectivity index (χ0) is 18.5. The number of hydrogen-bond acceptors (Lipinski definition) is 4. The lowest BCUT2D eigenvalue weighted by atomic mass is 9.87. The van der Waals surface area contributed by atoms with Crippen LogP contribution in [0.3, 0.4) is 0 Å². The molecule has 0 radical (unpaired) electrons. The Morgan fingerprint density at radius 2 is 1.88 bits per heavy atom. The fourth-order valence-electron chi connectivity index (χ4n) is 2.99. The molecule has 1 aromatic heterocycles. The molecule has 1 fully saturated rings. The van der Waals surface area contributed by atoms with Crippen molar-refractivity contribution in [1.29, 1.82) is 0 Å². The number of Topliss-reactive ketones (excluding diaryl/α,β-unsaturated/α-hetero) is 1. The van der Waals surface area contributed by atoms with Crippen molar-refractivity contribution in [2.24, 2.45) is 17.6 Å². The van der Waals surface area contributed by atoms with Gasteiger partial charge in [0, 0.05) is 11.8 Å². The SMILES string of the molecule is CC.CC(=O)C(C)[C@@H](C)c1cncn1N.NCCC1CCCCC1. The quantitative estimate of drug-likeness (QED) is 0.798. The van der Waals surface area contributed by atoms with Gasteiger partial charge in [-0.1, -0.05) is 59.8 Å². The van der Waals surface area contributed by atoms with Crippen LogP contribution in [0.4, 0.5) is 0 Å². The summed E-state index contributed by atoms with van der Waals surface area (Å²) in [4.78, 5) is 15.0. The minimum atomic E-state index is -0.0148. The predicted molar refractivity (Wildman–Crippen MR) is 102 cm³/mol. The Kier molecular flexibility index (Phi) is 12.3. The highest BCUT2D eigenvalue weighted by Gasteiger charge is 2.20. The van der Waals surface area contributed by atoms with Crippen LogP contribution in [0.5, 0.6) is 0 Å². The number of aromatic nitrogens is 2. The monoisotopic (exact) mass is 338 g/mol. The zero-order valence-electron chi connectivity index (χ0n) is 16.3. The average molecular weight is 339 g/mol. The van der Waals surface area contributed by atoms with E-state index in [2.05, 4.69) is 4.98 Å². The van der Waals surface area contributed by atoms with Crippen LogP contribution in [0.1, 0.15) is 84.8 Å². The van der Waals surface area contributed by atoms with Gasteiger partial charge in [-0.15, -0.1) is 0 Å². The van der Waals surface area contributed by atoms with Gasteiger partial charge < -0.3 is 11.6 Å². The summed E-state index contributed by atoms with van der Waals surface area (Å²) >= 11 is 0. The second-order valence-corrected chi connectivity index (χ2v) is 6.50. The van der Waals surface area contributed by atoms with Gasteiger partial charge in [0.15, 0.2) is 0 Å². The summed E-state index contributed by atoms with van der Waals surface area (Å²) in [7, 11) is 0. The van der Waals surface area contributed by atoms with E-state index in [1.807, 2.05) is 27.7 Å². The highest BCUT2D eigenvalue weighted by molar-refractivity contribution is 5.78. The van der Waals surface area contributed by atoms with E-state index in [0.717, 1.165) is 18.2 Å². The van der Waals surface area contributed by atoms with Crippen LogP contribution in [0.25, 0.3) is 0 Å². The molecule has 1 saturated carbocycles. The van der Waals surface area contributed by atoms with Gasteiger partial charge in [0.2, 0.25) is 0 Å². The molecule has 24 heavy (non-hydrogen) atoms. The lowest BCUT2D eigenvalue weighted by Gasteiger charge is -2.20. The average Bonchev–Trinajstić information content (AvgIpc) is 3.03. The summed E-state index contributed by atoms with van der Waals surface area (Å²) in [5.74, 6) is 6.87. The molecule has 4 N–H and O–H groups in total. The number of rotatable bonds is 5. The Bertz CT molecular complexity index is 436. The van der Waals surface area contributed by atoms with Crippen LogP contribution in [0, 0.1) is 11.8 Å². The lowest BCUT2D eigenvalue weighted by Crippen LogP contribution is -2.20. The number of nitrogens with zero attached hydrogens (tertiary/aromatic N) is 2. The van der Waals surface area contributed by atoms with Crippen molar-refractivity contribution in [2.45, 2.75) is 79.1 Å². The lowest BCUT2D eigenvalue weighted by molar-refractivity contribution is -0.120. The normalized spacial score (nSPS) is 16.9. The Hall–Kier alpha value is -1.36. The van der Waals surface area contributed by atoms with Crippen LogP contribution in [-0.4, -0.2) is 22.0 Å². The fourth-order valence-corrected chi connectivity index (χ4v) is 2.99. The molecule has 1 unspecified atom stereocenters. The summed E-state index contributed by atoms with van der Waals surface area (Å²) in [5.41, 5.74) is 6.35. The molecular formula is C19H38N4O. The molecule has 2 rings (SSSR count). The zero-order valence-corrected chi connectivity index (χ0v) is 16.3. The molecular weight excluding hydrogens is 300 g/mol. The molecule has 0 aliphatic heterocycles. The summed E-state index contributed by atoms with van der Waals surface area (Å²) < 4.78 is 1.46. The molecule has 5 heteroatoms. The first-order valence-electron chi connectivity index (χ1n) is 9.45. The van der Waals surface area contributed by atoms with Gasteiger partial charge in [0.25, 0.3) is 0 Å². The number of nitrogen functional groups attached to an aromatic ring is 1. The molecule has 1 aliphatic carbocycles. The molecule has 1 aromatic rings. The van der Waals surface area contributed by atoms with Gasteiger partial charge in [0.05, 0.1) is 11.9 Å². The third kappa shape index (κ3) is 7.95. The highest BCUT2D eigenvalue weighted by Crippen LogP contribution is 2.25. The van der Waals surface area contributed by atoms with E-state index >= 15 is 0 Å². The van der Waals surface area contributed by atoms with Gasteiger partial charge in [-0.25, -0.2) is 4.98 Å². The van der Waals surface area contributed by atoms with Crippen molar-refractivity contribution in [1.82, 2.24) is 9.66 Å². The van der Waals surface area contributed by atoms with Crippen molar-refractivity contribution >= 4 is 5.78 Å². The molecule has 0 saturated heterocycles. The van der Waals surface area contributed by atoms with Crippen LogP contribution >= 0.6 is 0 Å². The Morgan fingerprint density at radius 1 is 1.29 bits per heavy atom. The molecule has 5 nitrogen and oxygen atoms in total. The maximum atomic E-state index is 11.1. The second kappa shape index (κ2) is 13.0. The number of hydrogen-bond donors (Lipinski definition) is 2. The van der Waals surface area contributed by atoms with E-state index < -0.39 is 0 Å². The second-order valence-electron chi connectivity index (χ2n) is 6.50. The summed E-state index contributed by atoms with van der Waals surface area (Å²) in [6, 6.07) is 0. The number of imidazole rings is 1. The molecule has 0 aromatic carbocycles. The molecule has 0 amide bonds. The van der Waals surface area contributed by atoms with E-state index in [-0.39, 0.29) is 17.6 Å². The summed E-state index contributed by atoms with van der Waals surface area (Å²) in [6.45, 7) is 10.4. The summed E-state index contributed by atoms with van der Waals surface area (Å²) in [6.07, 6.45) is 11.7. The van der Waals surface area contributed by atoms with Crippen molar-refractivity contribution < 1.29 is 4.79 Å². The first kappa shape index (κ1) is 22.6. The molecule has 2 atom stereocenters. The smallest absolute Gasteiger partial charge is 0.133 e. The highest BCUT2D eigenvalue weighted by atomic mass is 16.1. The van der Waals surface area contributed by atoms with Crippen molar-refractivity contribution in [3.8, 4) is 0 Å². The molecule has 0 spiro atoms. The van der Waals surface area contributed by atoms with Crippen molar-refractivity contribution in [3.63, 3.8) is 0 Å². The van der Waals surface area contributed by atoms with Crippen molar-refractivity contribution in [3.05, 3.63) is 18.2 Å². The molecule has 0 bridgehead atoms. The van der Waals surface area contributed by atoms with Crippen molar-refractivity contribution in [2.75, 3.05) is 12.4 Å². The number of nitrogens with two attached hydrogens (primary N) is 2. The van der Waals surface area contributed by atoms with Crippen LogP contribution in [0.2, 0.25) is 0 Å². The number of ketones is 1. The molecule has 140 valence electrons. The minimum Gasteiger partial charge on any atom is -0.338 e. The van der Waals surface area contributed by atoms with E-state index in [1.165, 1.54) is 43.2 Å². The van der Waals surface area contributed by atoms with Gasteiger partial charge in [-0.2, -0.15) is 0 Å². The predicted octanol–water partition coefficient (Wildman–Crippen LogP) is 3.87. The van der Waals surface area contributed by atoms with Crippen LogP contribution in [0.15, 0.2) is 12.5 Å². The Balaban J connectivity index is 0.000000420. The Morgan fingerprint density at radius 3 is 2.29 bits per heavy atom. The molecule has 1 aliphatic rings. The van der Waals surface area contributed by atoms with Crippen LogP contribution < -0.4 is 11.6 Å². The van der Waals surface area contributed by atoms with E-state index in [1.54, 1.807) is 19.4 Å². The van der Waals surface area contributed by atoms with Gasteiger partial charge in [0.1, 0.15) is 12.1 Å². The van der Waals surface area contributed by atoms with E-state index in [0.29, 0.717) is 0 Å². The summed E-state index contributed by atoms with van der Waals surface area (Å²) in [5, 5.41) is 0. The van der Waals surface area contributed by atoms with Gasteiger partial charge in [-0.05, 0) is 25.8 Å². The third-order valence-electron chi connectivity index (χ3n) is 4.85. The first-order valence-corrected chi connectivity index (χ1v) is 9.45. The Labute approximate surface area is 148 Å². The molecule has 1 heterocycles. The maximum Gasteiger partial charge on any atom is 0.133 e. The van der Waals surface area contributed by atoms with E-state index in [9.17, 15) is 4.79 Å². The fraction of sp³-hybridized carbons (Fsp3) is 0.789. The van der Waals surface area contributed by atoms with Gasteiger partial charge >= 0.3 is 0 Å². The number of carbonyl (C=O) groups is 1. The number of carbonyl (C=O) groups excluding carboxylic acids is 1. The van der Waals surface area contributed by atoms with Gasteiger partial charge in [-0.3, -0.25) is 9.47 Å². The van der Waals surface area contributed by atoms with Crippen LogP contribution in [-0.2, 0) is 4.79 Å². The largest absolute Gasteiger partial charge is 0.338 e. The van der Waals surface area contributed by atoms with E-state index in [4.69, 9.17) is 11.6 Å². The minimum absolute atomic E-state index is 0.0148. The maximum absolute atomic E-state index is 11.1.